The number of hydrogen-bond donors (Lipinski definition) is 4. The van der Waals surface area contributed by atoms with Crippen LogP contribution < -0.4 is 21.5 Å². The number of carbonyl (C=O) groups excluding carboxylic acids is 9. The normalized spacial score (nSPS) is 22.1. The van der Waals surface area contributed by atoms with Crippen molar-refractivity contribution in [2.45, 2.75) is 174 Å². The van der Waals surface area contributed by atoms with E-state index in [2.05, 4.69) is 21.5 Å². The Balaban J connectivity index is 1.19. The SMILES string of the molecule is CC[C@H](C)[C@@H]([C@@H](CC(=O)N1CCC[C@H]1[C@H](OC)[C@@H](C)C(=O)N[C@@]1(C(=O)N2CCCCO2)C[C@@H]1c1ccccc1)OC)N(C)C(=O)[C@@H](NC(=O)[C@H](C(C)C)N(C)CCCC(=O)NNC(=O)C(C)(C)CCN1C(=O)C=CC1=O)C(C)C. The number of nitrogens with zero attached hydrogens (tertiary/aromatic N) is 5. The quantitative estimate of drug-likeness (QED) is 0.0689. The molecule has 1 aromatic carbocycles. The van der Waals surface area contributed by atoms with Crippen molar-refractivity contribution < 1.29 is 57.5 Å². The minimum atomic E-state index is -1.17. The Hall–Kier alpha value is -5.77. The molecule has 10 atom stereocenters. The molecule has 0 unspecified atom stereocenters. The van der Waals surface area contributed by atoms with E-state index in [1.165, 1.54) is 31.4 Å². The van der Waals surface area contributed by atoms with Crippen molar-refractivity contribution in [3.05, 3.63) is 48.0 Å². The Bertz CT molecular complexity index is 2320. The second kappa shape index (κ2) is 28.6. The van der Waals surface area contributed by atoms with Crippen LogP contribution in [-0.2, 0) is 57.5 Å². The standard InChI is InChI=1S/C58H91N9O12/c1-14-38(6)50(64(11)54(74)48(36(2)3)59-53(73)49(37(4)5)63(10)29-21-25-44(68)61-62-55(75)57(8,9)28-32-66-45(69)26-27-46(66)70)43(77-12)34-47(71)65-30-20-24-42(65)51(78-13)39(7)52(72)60-58(56(76)67-31-18-19-33-79-67)35-41(58)40-22-16-15-17-23-40/h15-17,22-23,26-27,36-39,41-43,48-51H,14,18-21,24-25,28-35H2,1-13H3,(H,59,73)(H,60,72)(H,61,68)(H,62,75)/t38-,39+,41+,42-,43+,48-,49-,50-,51+,58-/m0/s1. The molecule has 9 amide bonds. The van der Waals surface area contributed by atoms with Gasteiger partial charge in [0, 0.05) is 70.8 Å². The monoisotopic (exact) mass is 1110 g/mol. The molecule has 3 heterocycles. The van der Waals surface area contributed by atoms with Crippen molar-refractivity contribution in [1.29, 1.82) is 0 Å². The molecule has 3 aliphatic heterocycles. The number of likely N-dealkylation sites (N-methyl/N-ethyl adjacent to an activating group) is 2. The molecule has 3 fully saturated rings. The third-order valence-electron chi connectivity index (χ3n) is 16.7. The highest BCUT2D eigenvalue weighted by Gasteiger charge is 2.64. The van der Waals surface area contributed by atoms with Crippen molar-refractivity contribution in [3.63, 3.8) is 0 Å². The molecule has 4 N–H and O–H groups in total. The van der Waals surface area contributed by atoms with E-state index in [0.29, 0.717) is 58.3 Å². The molecule has 4 aliphatic rings. The fourth-order valence-corrected chi connectivity index (χ4v) is 11.5. The van der Waals surface area contributed by atoms with Crippen molar-refractivity contribution in [2.24, 2.45) is 29.1 Å². The first-order valence-electron chi connectivity index (χ1n) is 28.4. The number of carbonyl (C=O) groups is 9. The second-order valence-corrected chi connectivity index (χ2v) is 23.5. The molecule has 21 nitrogen and oxygen atoms in total. The zero-order valence-corrected chi connectivity index (χ0v) is 49.1. The second-order valence-electron chi connectivity index (χ2n) is 23.5. The Morgan fingerprint density at radius 1 is 0.861 bits per heavy atom. The number of ether oxygens (including phenoxy) is 2. The third-order valence-corrected chi connectivity index (χ3v) is 16.7. The van der Waals surface area contributed by atoms with E-state index in [0.717, 1.165) is 23.3 Å². The van der Waals surface area contributed by atoms with E-state index in [9.17, 15) is 43.2 Å². The summed E-state index contributed by atoms with van der Waals surface area (Å²) in [7, 11) is 6.53. The van der Waals surface area contributed by atoms with Gasteiger partial charge < -0.3 is 29.9 Å². The lowest BCUT2D eigenvalue weighted by molar-refractivity contribution is -0.200. The molecule has 21 heteroatoms. The lowest BCUT2D eigenvalue weighted by Gasteiger charge is -2.41. The lowest BCUT2D eigenvalue weighted by Crippen LogP contribution is -2.60. The molecule has 0 radical (unpaired) electrons. The maximum absolute atomic E-state index is 14.8. The van der Waals surface area contributed by atoms with Gasteiger partial charge in [-0.25, -0.2) is 5.06 Å². The van der Waals surface area contributed by atoms with Crippen LogP contribution in [0.15, 0.2) is 42.5 Å². The maximum atomic E-state index is 14.8. The number of hydrazine groups is 1. The van der Waals surface area contributed by atoms with Gasteiger partial charge in [0.05, 0.1) is 49.3 Å². The first-order chi connectivity index (χ1) is 37.3. The van der Waals surface area contributed by atoms with Gasteiger partial charge in [0.15, 0.2) is 0 Å². The van der Waals surface area contributed by atoms with E-state index < -0.39 is 76.9 Å². The van der Waals surface area contributed by atoms with Gasteiger partial charge in [-0.1, -0.05) is 99.1 Å². The molecule has 2 saturated heterocycles. The summed E-state index contributed by atoms with van der Waals surface area (Å²) in [6.45, 7) is 18.3. The van der Waals surface area contributed by atoms with Crippen LogP contribution in [0.5, 0.6) is 0 Å². The first-order valence-corrected chi connectivity index (χ1v) is 28.4. The topological polar surface area (TPSA) is 246 Å². The van der Waals surface area contributed by atoms with Crippen molar-refractivity contribution in [2.75, 3.05) is 61.1 Å². The predicted molar refractivity (Wildman–Crippen MR) is 295 cm³/mol. The van der Waals surface area contributed by atoms with Crippen LogP contribution >= 0.6 is 0 Å². The molecular formula is C58H91N9O12. The van der Waals surface area contributed by atoms with Gasteiger partial charge in [-0.15, -0.1) is 0 Å². The number of amides is 9. The number of hydrogen-bond acceptors (Lipinski definition) is 13. The fraction of sp³-hybridized carbons (Fsp3) is 0.707. The molecule has 0 bridgehead atoms. The van der Waals surface area contributed by atoms with E-state index >= 15 is 0 Å². The summed E-state index contributed by atoms with van der Waals surface area (Å²) in [4.78, 5) is 134. The van der Waals surface area contributed by atoms with E-state index in [1.807, 2.05) is 76.8 Å². The third kappa shape index (κ3) is 15.8. The molecule has 5 rings (SSSR count). The van der Waals surface area contributed by atoms with Gasteiger partial charge in [0.2, 0.25) is 35.4 Å². The lowest BCUT2D eigenvalue weighted by atomic mass is 9.88. The highest BCUT2D eigenvalue weighted by atomic mass is 16.7. The smallest absolute Gasteiger partial charge is 0.272 e. The summed E-state index contributed by atoms with van der Waals surface area (Å²) >= 11 is 0. The van der Waals surface area contributed by atoms with Crippen molar-refractivity contribution in [1.82, 2.24) is 46.1 Å². The Labute approximate surface area is 467 Å². The predicted octanol–water partition coefficient (Wildman–Crippen LogP) is 3.87. The van der Waals surface area contributed by atoms with Crippen molar-refractivity contribution >= 4 is 53.2 Å². The molecule has 440 valence electrons. The van der Waals surface area contributed by atoms with Crippen LogP contribution in [0.4, 0.5) is 0 Å². The van der Waals surface area contributed by atoms with Crippen molar-refractivity contribution in [3.8, 4) is 0 Å². The summed E-state index contributed by atoms with van der Waals surface area (Å²) in [6.07, 6.45) is 5.46. The summed E-state index contributed by atoms with van der Waals surface area (Å²) in [5.74, 6) is -4.93. The highest BCUT2D eigenvalue weighted by Crippen LogP contribution is 2.53. The molecule has 1 aromatic rings. The fourth-order valence-electron chi connectivity index (χ4n) is 11.5. The Morgan fingerprint density at radius 3 is 2.11 bits per heavy atom. The number of methoxy groups -OCH3 is 2. The van der Waals surface area contributed by atoms with Gasteiger partial charge in [-0.3, -0.25) is 68.6 Å². The molecular weight excluding hydrogens is 1010 g/mol. The van der Waals surface area contributed by atoms with Crippen LogP contribution in [0.2, 0.25) is 0 Å². The number of rotatable bonds is 28. The van der Waals surface area contributed by atoms with Gasteiger partial charge in [-0.2, -0.15) is 0 Å². The number of nitrogens with one attached hydrogen (secondary N) is 4. The van der Waals surface area contributed by atoms with Crippen LogP contribution in [0.1, 0.15) is 138 Å². The summed E-state index contributed by atoms with van der Waals surface area (Å²) in [5.41, 5.74) is 3.66. The first kappa shape index (κ1) is 64.1. The molecule has 79 heavy (non-hydrogen) atoms. The number of imide groups is 1. The van der Waals surface area contributed by atoms with Gasteiger partial charge in [0.1, 0.15) is 11.6 Å². The Kier molecular flexibility index (Phi) is 23.2. The maximum Gasteiger partial charge on any atom is 0.272 e. The number of hydroxylamine groups is 2. The summed E-state index contributed by atoms with van der Waals surface area (Å²) in [5, 5.41) is 7.61. The molecule has 0 aromatic heterocycles. The molecule has 1 aliphatic carbocycles. The zero-order chi connectivity index (χ0) is 58.5. The average molecular weight is 1110 g/mol. The van der Waals surface area contributed by atoms with E-state index in [-0.39, 0.29) is 79.0 Å². The van der Waals surface area contributed by atoms with Crippen LogP contribution in [-0.4, -0.2) is 181 Å². The minimum absolute atomic E-state index is 0.0366. The van der Waals surface area contributed by atoms with Crippen LogP contribution in [0.3, 0.4) is 0 Å². The number of likely N-dealkylation sites (tertiary alicyclic amines) is 1. The summed E-state index contributed by atoms with van der Waals surface area (Å²) < 4.78 is 12.2. The van der Waals surface area contributed by atoms with Crippen LogP contribution in [0, 0.1) is 29.1 Å². The van der Waals surface area contributed by atoms with Crippen LogP contribution in [0.25, 0.3) is 0 Å². The minimum Gasteiger partial charge on any atom is -0.379 e. The largest absolute Gasteiger partial charge is 0.379 e. The summed E-state index contributed by atoms with van der Waals surface area (Å²) in [6, 6.07) is 7.05. The zero-order valence-electron chi connectivity index (χ0n) is 49.1. The number of benzene rings is 1. The van der Waals surface area contributed by atoms with Gasteiger partial charge >= 0.3 is 0 Å². The average Bonchev–Trinajstić information content (AvgIpc) is 3.74. The van der Waals surface area contributed by atoms with E-state index in [1.54, 1.807) is 44.7 Å². The molecule has 0 spiro atoms. The molecule has 1 saturated carbocycles. The highest BCUT2D eigenvalue weighted by molar-refractivity contribution is 6.12. The van der Waals surface area contributed by atoms with Gasteiger partial charge in [0.25, 0.3) is 17.7 Å². The van der Waals surface area contributed by atoms with Gasteiger partial charge in [-0.05, 0) is 81.9 Å². The Morgan fingerprint density at radius 2 is 1.53 bits per heavy atom. The van der Waals surface area contributed by atoms with E-state index in [4.69, 9.17) is 14.3 Å².